The Morgan fingerprint density at radius 2 is 2.09 bits per heavy atom. The van der Waals surface area contributed by atoms with Crippen LogP contribution in [0.25, 0.3) is 0 Å². The number of aliphatic hydroxyl groups is 1. The predicted molar refractivity (Wildman–Crippen MR) is 122 cm³/mol. The lowest BCUT2D eigenvalue weighted by atomic mass is 9.81. The number of ether oxygens (including phenoxy) is 2. The normalized spacial score (nSPS) is 30.0. The number of hydrogen-bond donors (Lipinski definition) is 2. The van der Waals surface area contributed by atoms with Crippen LogP contribution < -0.4 is 10.1 Å². The van der Waals surface area contributed by atoms with E-state index < -0.39 is 40.5 Å². The first-order valence-electron chi connectivity index (χ1n) is 11.8. The van der Waals surface area contributed by atoms with Gasteiger partial charge in [0.1, 0.15) is 23.3 Å². The zero-order chi connectivity index (χ0) is 25.3. The van der Waals surface area contributed by atoms with Crippen molar-refractivity contribution in [3.8, 4) is 11.9 Å². The molecule has 13 heteroatoms. The summed E-state index contributed by atoms with van der Waals surface area (Å²) in [4.78, 5) is 8.40. The van der Waals surface area contributed by atoms with Gasteiger partial charge in [0.05, 0.1) is 18.6 Å². The van der Waals surface area contributed by atoms with E-state index in [-0.39, 0.29) is 41.5 Å². The van der Waals surface area contributed by atoms with E-state index in [0.717, 1.165) is 6.42 Å². The van der Waals surface area contributed by atoms with Crippen molar-refractivity contribution in [3.05, 3.63) is 11.8 Å². The molecule has 0 spiro atoms. The van der Waals surface area contributed by atoms with Gasteiger partial charge in [0.2, 0.25) is 21.9 Å². The number of halogens is 2. The molecule has 0 amide bonds. The van der Waals surface area contributed by atoms with Crippen molar-refractivity contribution in [2.45, 2.75) is 69.1 Å². The Bertz CT molecular complexity index is 1050. The minimum atomic E-state index is -3.35. The molecule has 3 atom stereocenters. The van der Waals surface area contributed by atoms with Gasteiger partial charge in [-0.2, -0.15) is 10.2 Å². The molecule has 194 valence electrons. The second kappa shape index (κ2) is 10.1. The van der Waals surface area contributed by atoms with Gasteiger partial charge in [0.25, 0.3) is 5.92 Å². The van der Waals surface area contributed by atoms with Crippen LogP contribution >= 0.6 is 0 Å². The summed E-state index contributed by atoms with van der Waals surface area (Å²) in [5.41, 5.74) is -1.75. The number of anilines is 1. The topological polar surface area (TPSA) is 138 Å². The third kappa shape index (κ3) is 6.35. The molecule has 3 fully saturated rings. The number of piperidine rings is 1. The van der Waals surface area contributed by atoms with E-state index in [1.807, 2.05) is 6.07 Å². The van der Waals surface area contributed by atoms with E-state index in [1.165, 1.54) is 17.4 Å². The average molecular weight is 516 g/mol. The zero-order valence-electron chi connectivity index (χ0n) is 19.6. The Morgan fingerprint density at radius 1 is 1.34 bits per heavy atom. The van der Waals surface area contributed by atoms with E-state index in [2.05, 4.69) is 15.3 Å². The van der Waals surface area contributed by atoms with Crippen LogP contribution in [0, 0.1) is 17.2 Å². The van der Waals surface area contributed by atoms with E-state index in [1.54, 1.807) is 0 Å². The standard InChI is InChI=1S/C22H31F2N5O5S/c1-21(30)14-22(23,24)6-2-18(21)34-19-16(10-25)11-26-20(28-19)27-17-3-7-29(8-4-17)35(31,32)13-15-5-9-33-12-15/h11,15,17-18,30H,2-9,12-14H2,1H3,(H,26,27,28)/t15?,18-,21+/m0/s1. The Hall–Kier alpha value is -2.14. The second-order valence-electron chi connectivity index (χ2n) is 9.89. The van der Waals surface area contributed by atoms with Gasteiger partial charge in [-0.15, -0.1) is 0 Å². The number of alkyl halides is 2. The van der Waals surface area contributed by atoms with Crippen LogP contribution in [0.3, 0.4) is 0 Å². The summed E-state index contributed by atoms with van der Waals surface area (Å²) in [5.74, 6) is -2.74. The van der Waals surface area contributed by atoms with Crippen LogP contribution in [0.2, 0.25) is 0 Å². The van der Waals surface area contributed by atoms with E-state index in [4.69, 9.17) is 9.47 Å². The highest BCUT2D eigenvalue weighted by Gasteiger charge is 2.49. The lowest BCUT2D eigenvalue weighted by Crippen LogP contribution is -2.51. The number of nitrogens with one attached hydrogen (secondary N) is 1. The number of nitrogens with zero attached hydrogens (tertiary/aromatic N) is 4. The SMILES string of the molecule is C[C@@]1(O)CC(F)(F)CC[C@@H]1Oc1nc(NC2CCN(S(=O)(=O)CC3CCOC3)CC2)ncc1C#N. The van der Waals surface area contributed by atoms with Crippen LogP contribution in [0.5, 0.6) is 5.88 Å². The lowest BCUT2D eigenvalue weighted by molar-refractivity contribution is -0.162. The third-order valence-corrected chi connectivity index (χ3v) is 8.91. The number of sulfonamides is 1. The molecule has 1 unspecified atom stereocenters. The molecule has 3 aliphatic rings. The van der Waals surface area contributed by atoms with E-state index in [9.17, 15) is 27.6 Å². The molecule has 0 radical (unpaired) electrons. The van der Waals surface area contributed by atoms with Gasteiger partial charge in [-0.3, -0.25) is 0 Å². The fraction of sp³-hybridized carbons (Fsp3) is 0.773. The molecule has 1 saturated carbocycles. The molecule has 1 aromatic rings. The summed E-state index contributed by atoms with van der Waals surface area (Å²) in [6.45, 7) is 3.11. The van der Waals surface area contributed by atoms with Gasteiger partial charge in [0, 0.05) is 38.6 Å². The van der Waals surface area contributed by atoms with Crippen molar-refractivity contribution >= 4 is 16.0 Å². The smallest absolute Gasteiger partial charge is 0.251 e. The molecule has 2 aliphatic heterocycles. The molecule has 1 aliphatic carbocycles. The zero-order valence-corrected chi connectivity index (χ0v) is 20.4. The van der Waals surface area contributed by atoms with Gasteiger partial charge in [-0.05, 0) is 38.5 Å². The molecule has 2 saturated heterocycles. The highest BCUT2D eigenvalue weighted by molar-refractivity contribution is 7.89. The molecular weight excluding hydrogens is 484 g/mol. The number of nitriles is 1. The number of aromatic nitrogens is 2. The number of rotatable bonds is 7. The van der Waals surface area contributed by atoms with Crippen LogP contribution in [0.1, 0.15) is 51.0 Å². The molecular formula is C22H31F2N5O5S. The Balaban J connectivity index is 1.36. The molecule has 0 bridgehead atoms. The summed E-state index contributed by atoms with van der Waals surface area (Å²) in [6.07, 6.45) is 0.932. The summed E-state index contributed by atoms with van der Waals surface area (Å²) in [7, 11) is -3.35. The van der Waals surface area contributed by atoms with Gasteiger partial charge in [0.15, 0.2) is 0 Å². The van der Waals surface area contributed by atoms with Crippen molar-refractivity contribution in [1.82, 2.24) is 14.3 Å². The monoisotopic (exact) mass is 515 g/mol. The first-order chi connectivity index (χ1) is 16.5. The van der Waals surface area contributed by atoms with Crippen LogP contribution in [-0.2, 0) is 14.8 Å². The Kier molecular flexibility index (Phi) is 7.47. The minimum absolute atomic E-state index is 0.0282. The maximum atomic E-state index is 13.7. The largest absolute Gasteiger partial charge is 0.470 e. The maximum Gasteiger partial charge on any atom is 0.251 e. The van der Waals surface area contributed by atoms with Crippen LogP contribution in [0.4, 0.5) is 14.7 Å². The van der Waals surface area contributed by atoms with E-state index in [0.29, 0.717) is 39.1 Å². The van der Waals surface area contributed by atoms with Crippen molar-refractivity contribution in [2.24, 2.45) is 5.92 Å². The number of hydrogen-bond acceptors (Lipinski definition) is 9. The third-order valence-electron chi connectivity index (χ3n) is 6.86. The molecule has 10 nitrogen and oxygen atoms in total. The van der Waals surface area contributed by atoms with Crippen LogP contribution in [0.15, 0.2) is 6.20 Å². The molecule has 35 heavy (non-hydrogen) atoms. The fourth-order valence-corrected chi connectivity index (χ4v) is 6.72. The summed E-state index contributed by atoms with van der Waals surface area (Å²) in [6, 6.07) is 1.83. The van der Waals surface area contributed by atoms with Crippen LogP contribution in [-0.4, -0.2) is 83.5 Å². The first-order valence-corrected chi connectivity index (χ1v) is 13.4. The van der Waals surface area contributed by atoms with Crippen molar-refractivity contribution < 1.29 is 31.8 Å². The van der Waals surface area contributed by atoms with Gasteiger partial charge >= 0.3 is 0 Å². The highest BCUT2D eigenvalue weighted by Crippen LogP contribution is 2.41. The average Bonchev–Trinajstić information content (AvgIpc) is 3.28. The van der Waals surface area contributed by atoms with Crippen molar-refractivity contribution in [1.29, 1.82) is 5.26 Å². The van der Waals surface area contributed by atoms with Gasteiger partial charge in [-0.1, -0.05) is 0 Å². The summed E-state index contributed by atoms with van der Waals surface area (Å²) < 4.78 is 65.4. The molecule has 3 heterocycles. The summed E-state index contributed by atoms with van der Waals surface area (Å²) in [5, 5.41) is 23.0. The van der Waals surface area contributed by atoms with Crippen molar-refractivity contribution in [3.63, 3.8) is 0 Å². The van der Waals surface area contributed by atoms with Gasteiger partial charge < -0.3 is 19.9 Å². The van der Waals surface area contributed by atoms with Crippen molar-refractivity contribution in [2.75, 3.05) is 37.4 Å². The van der Waals surface area contributed by atoms with Gasteiger partial charge in [-0.25, -0.2) is 26.5 Å². The Morgan fingerprint density at radius 3 is 2.71 bits per heavy atom. The Labute approximate surface area is 203 Å². The minimum Gasteiger partial charge on any atom is -0.470 e. The van der Waals surface area contributed by atoms with E-state index >= 15 is 0 Å². The molecule has 0 aromatic carbocycles. The quantitative estimate of drug-likeness (QED) is 0.558. The second-order valence-corrected chi connectivity index (χ2v) is 11.9. The fourth-order valence-electron chi connectivity index (χ4n) is 4.88. The first kappa shape index (κ1) is 25.9. The lowest BCUT2D eigenvalue weighted by Gasteiger charge is -2.40. The maximum absolute atomic E-state index is 13.7. The molecule has 4 rings (SSSR count). The summed E-state index contributed by atoms with van der Waals surface area (Å²) >= 11 is 0. The highest BCUT2D eigenvalue weighted by atomic mass is 32.2. The molecule has 2 N–H and O–H groups in total. The molecule has 1 aromatic heterocycles. The predicted octanol–water partition coefficient (Wildman–Crippen LogP) is 1.91.